The molecule has 7 heteroatoms. The zero-order chi connectivity index (χ0) is 15.2. The van der Waals surface area contributed by atoms with Crippen molar-refractivity contribution in [1.29, 1.82) is 0 Å². The van der Waals surface area contributed by atoms with Crippen molar-refractivity contribution in [3.8, 4) is 0 Å². The smallest absolute Gasteiger partial charge is 0.196 e. The zero-order valence-electron chi connectivity index (χ0n) is 11.8. The molecule has 0 aliphatic carbocycles. The summed E-state index contributed by atoms with van der Waals surface area (Å²) in [6.07, 6.45) is 1.12. The van der Waals surface area contributed by atoms with Gasteiger partial charge in [0.05, 0.1) is 0 Å². The third-order valence-electron chi connectivity index (χ3n) is 2.72. The monoisotopic (exact) mass is 367 g/mol. The van der Waals surface area contributed by atoms with Gasteiger partial charge >= 0.3 is 0 Å². The molecule has 0 aliphatic rings. The molecular weight excluding hydrogens is 350 g/mol. The summed E-state index contributed by atoms with van der Waals surface area (Å²) >= 11 is 5.03. The van der Waals surface area contributed by atoms with Crippen molar-refractivity contribution in [1.82, 2.24) is 15.3 Å². The summed E-state index contributed by atoms with van der Waals surface area (Å²) in [5.74, 6) is 0.758. The molecule has 0 radical (unpaired) electrons. The van der Waals surface area contributed by atoms with Gasteiger partial charge in [-0.25, -0.2) is 9.97 Å². The van der Waals surface area contributed by atoms with E-state index in [-0.39, 0.29) is 0 Å². The maximum absolute atomic E-state index is 5.67. The molecule has 0 fully saturated rings. The lowest BCUT2D eigenvalue weighted by molar-refractivity contribution is 0.673. The predicted molar refractivity (Wildman–Crippen MR) is 91.1 cm³/mol. The summed E-state index contributed by atoms with van der Waals surface area (Å²) in [5.41, 5.74) is 12.6. The van der Waals surface area contributed by atoms with Crippen molar-refractivity contribution in [2.24, 2.45) is 0 Å². The van der Waals surface area contributed by atoms with E-state index >= 15 is 0 Å². The summed E-state index contributed by atoms with van der Waals surface area (Å²) in [4.78, 5) is 9.36. The lowest BCUT2D eigenvalue weighted by Gasteiger charge is -2.08. The van der Waals surface area contributed by atoms with Crippen LogP contribution in [0.1, 0.15) is 18.9 Å². The largest absolute Gasteiger partial charge is 0.383 e. The molecule has 0 aliphatic heterocycles. The topological polar surface area (TPSA) is 89.8 Å². The van der Waals surface area contributed by atoms with E-state index in [4.69, 9.17) is 11.5 Å². The van der Waals surface area contributed by atoms with Crippen LogP contribution >= 0.6 is 27.7 Å². The molecule has 1 heterocycles. The normalized spacial score (nSPS) is 10.8. The van der Waals surface area contributed by atoms with Crippen LogP contribution in [0.4, 0.5) is 11.6 Å². The number of nitrogens with two attached hydrogens (primary N) is 2. The van der Waals surface area contributed by atoms with Gasteiger partial charge in [0.2, 0.25) is 0 Å². The molecule has 2 rings (SSSR count). The number of hydrogen-bond donors (Lipinski definition) is 3. The van der Waals surface area contributed by atoms with E-state index in [2.05, 4.69) is 50.3 Å². The minimum Gasteiger partial charge on any atom is -0.383 e. The second-order valence-electron chi connectivity index (χ2n) is 4.53. The lowest BCUT2D eigenvalue weighted by atomic mass is 10.2. The van der Waals surface area contributed by atoms with Gasteiger partial charge in [-0.15, -0.1) is 0 Å². The van der Waals surface area contributed by atoms with E-state index in [0.717, 1.165) is 28.9 Å². The van der Waals surface area contributed by atoms with Crippen molar-refractivity contribution < 1.29 is 0 Å². The Bertz CT molecular complexity index is 600. The van der Waals surface area contributed by atoms with Gasteiger partial charge in [0.25, 0.3) is 0 Å². The third kappa shape index (κ3) is 4.87. The van der Waals surface area contributed by atoms with E-state index < -0.39 is 0 Å². The van der Waals surface area contributed by atoms with Crippen molar-refractivity contribution >= 4 is 39.3 Å². The SMILES string of the molecule is CCCNCc1ccc(Sc2nc(N)cc(N)n2)cc1Br. The first-order valence-corrected chi connectivity index (χ1v) is 8.26. The van der Waals surface area contributed by atoms with E-state index in [1.165, 1.54) is 17.3 Å². The van der Waals surface area contributed by atoms with Crippen LogP contribution < -0.4 is 16.8 Å². The van der Waals surface area contributed by atoms with Crippen LogP contribution in [0, 0.1) is 0 Å². The van der Waals surface area contributed by atoms with Crippen molar-refractivity contribution in [2.75, 3.05) is 18.0 Å². The minimum absolute atomic E-state index is 0.379. The number of nitrogens with zero attached hydrogens (tertiary/aromatic N) is 2. The van der Waals surface area contributed by atoms with Crippen LogP contribution in [0.15, 0.2) is 38.8 Å². The van der Waals surface area contributed by atoms with Gasteiger partial charge in [0, 0.05) is 22.0 Å². The summed E-state index contributed by atoms with van der Waals surface area (Å²) in [5, 5.41) is 3.93. The Labute approximate surface area is 137 Å². The van der Waals surface area contributed by atoms with Crippen molar-refractivity contribution in [3.05, 3.63) is 34.3 Å². The predicted octanol–water partition coefficient (Wildman–Crippen LogP) is 3.05. The molecule has 0 spiro atoms. The van der Waals surface area contributed by atoms with Gasteiger partial charge in [0.1, 0.15) is 11.6 Å². The van der Waals surface area contributed by atoms with Crippen LogP contribution in [0.3, 0.4) is 0 Å². The quantitative estimate of drug-likeness (QED) is 0.536. The highest BCUT2D eigenvalue weighted by molar-refractivity contribution is 9.10. The first kappa shape index (κ1) is 16.1. The maximum Gasteiger partial charge on any atom is 0.196 e. The highest BCUT2D eigenvalue weighted by Crippen LogP contribution is 2.29. The molecule has 2 aromatic rings. The number of aromatic nitrogens is 2. The average molecular weight is 368 g/mol. The van der Waals surface area contributed by atoms with Gasteiger partial charge < -0.3 is 16.8 Å². The number of nitrogens with one attached hydrogen (secondary N) is 1. The zero-order valence-corrected chi connectivity index (χ0v) is 14.2. The van der Waals surface area contributed by atoms with Crippen LogP contribution in [-0.4, -0.2) is 16.5 Å². The number of hydrogen-bond acceptors (Lipinski definition) is 6. The number of benzene rings is 1. The Balaban J connectivity index is 2.09. The van der Waals surface area contributed by atoms with Crippen LogP contribution in [0.25, 0.3) is 0 Å². The third-order valence-corrected chi connectivity index (χ3v) is 4.31. The molecule has 0 amide bonds. The van der Waals surface area contributed by atoms with E-state index in [1.807, 2.05) is 6.07 Å². The molecule has 0 unspecified atom stereocenters. The average Bonchev–Trinajstić information content (AvgIpc) is 2.40. The van der Waals surface area contributed by atoms with E-state index in [0.29, 0.717) is 16.8 Å². The Hall–Kier alpha value is -1.31. The maximum atomic E-state index is 5.67. The number of nitrogen functional groups attached to an aromatic ring is 2. The van der Waals surface area contributed by atoms with Gasteiger partial charge in [0.15, 0.2) is 5.16 Å². The molecule has 1 aromatic heterocycles. The second-order valence-corrected chi connectivity index (χ2v) is 6.43. The molecule has 5 N–H and O–H groups in total. The molecule has 0 saturated carbocycles. The minimum atomic E-state index is 0.379. The van der Waals surface area contributed by atoms with E-state index in [9.17, 15) is 0 Å². The molecule has 21 heavy (non-hydrogen) atoms. The van der Waals surface area contributed by atoms with E-state index in [1.54, 1.807) is 6.07 Å². The first-order valence-electron chi connectivity index (χ1n) is 6.65. The second kappa shape index (κ2) is 7.63. The molecule has 5 nitrogen and oxygen atoms in total. The van der Waals surface area contributed by atoms with Gasteiger partial charge in [-0.2, -0.15) is 0 Å². The molecule has 0 bridgehead atoms. The molecule has 112 valence electrons. The van der Waals surface area contributed by atoms with Crippen molar-refractivity contribution in [2.45, 2.75) is 29.9 Å². The van der Waals surface area contributed by atoms with Gasteiger partial charge in [-0.1, -0.05) is 28.9 Å². The molecular formula is C14H18BrN5S. The molecule has 0 atom stereocenters. The van der Waals surface area contributed by atoms with Gasteiger partial charge in [-0.05, 0) is 42.4 Å². The fourth-order valence-corrected chi connectivity index (χ4v) is 3.24. The Morgan fingerprint density at radius 1 is 1.19 bits per heavy atom. The number of anilines is 2. The standard InChI is InChI=1S/C14H18BrN5S/c1-2-5-18-8-9-3-4-10(6-11(9)15)21-14-19-12(16)7-13(17)20-14/h3-4,6-7,18H,2,5,8H2,1H3,(H4,16,17,19,20). The van der Waals surface area contributed by atoms with Crippen LogP contribution in [0.2, 0.25) is 0 Å². The number of halogens is 1. The Morgan fingerprint density at radius 3 is 2.52 bits per heavy atom. The fraction of sp³-hybridized carbons (Fsp3) is 0.286. The first-order chi connectivity index (χ1) is 10.1. The molecule has 1 aromatic carbocycles. The Morgan fingerprint density at radius 2 is 1.90 bits per heavy atom. The number of rotatable bonds is 6. The summed E-state index contributed by atoms with van der Waals surface area (Å²) in [6.45, 7) is 4.01. The highest BCUT2D eigenvalue weighted by Gasteiger charge is 2.06. The Kier molecular flexibility index (Phi) is 5.84. The highest BCUT2D eigenvalue weighted by atomic mass is 79.9. The lowest BCUT2D eigenvalue weighted by Crippen LogP contribution is -2.14. The summed E-state index contributed by atoms with van der Waals surface area (Å²) < 4.78 is 1.06. The van der Waals surface area contributed by atoms with Crippen molar-refractivity contribution in [3.63, 3.8) is 0 Å². The van der Waals surface area contributed by atoms with Crippen LogP contribution in [-0.2, 0) is 6.54 Å². The summed E-state index contributed by atoms with van der Waals surface area (Å²) in [7, 11) is 0. The van der Waals surface area contributed by atoms with Crippen LogP contribution in [0.5, 0.6) is 0 Å². The van der Waals surface area contributed by atoms with Gasteiger partial charge in [-0.3, -0.25) is 0 Å². The fourth-order valence-electron chi connectivity index (χ4n) is 1.75. The summed E-state index contributed by atoms with van der Waals surface area (Å²) in [6, 6.07) is 7.73. The molecule has 0 saturated heterocycles.